The molecular formula is C13H16BrClN4. The molecule has 0 spiro atoms. The monoisotopic (exact) mass is 342 g/mol. The average molecular weight is 344 g/mol. The number of hydrogen-bond acceptors (Lipinski definition) is 3. The van der Waals surface area contributed by atoms with Gasteiger partial charge in [0.2, 0.25) is 0 Å². The molecule has 1 atom stereocenters. The number of halogens is 2. The second-order valence-corrected chi connectivity index (χ2v) is 5.65. The van der Waals surface area contributed by atoms with Gasteiger partial charge in [0.15, 0.2) is 0 Å². The minimum Gasteiger partial charge on any atom is -0.271 e. The van der Waals surface area contributed by atoms with E-state index in [1.807, 2.05) is 30.7 Å². The van der Waals surface area contributed by atoms with Gasteiger partial charge >= 0.3 is 0 Å². The molecule has 1 unspecified atom stereocenters. The minimum absolute atomic E-state index is 0.158. The molecule has 1 aromatic carbocycles. The second-order valence-electron chi connectivity index (χ2n) is 4.36. The number of nitrogens with zero attached hydrogens (tertiary/aromatic N) is 2. The van der Waals surface area contributed by atoms with Gasteiger partial charge < -0.3 is 0 Å². The van der Waals surface area contributed by atoms with E-state index in [9.17, 15) is 0 Å². The topological polar surface area (TPSA) is 55.9 Å². The zero-order valence-electron chi connectivity index (χ0n) is 10.8. The molecule has 3 N–H and O–H groups in total. The van der Waals surface area contributed by atoms with E-state index in [-0.39, 0.29) is 6.04 Å². The van der Waals surface area contributed by atoms with Crippen LogP contribution in [0.1, 0.15) is 29.8 Å². The zero-order valence-corrected chi connectivity index (χ0v) is 13.2. The second kappa shape index (κ2) is 6.05. The number of nitrogens with one attached hydrogen (secondary N) is 1. The maximum absolute atomic E-state index is 6.12. The van der Waals surface area contributed by atoms with Gasteiger partial charge in [-0.1, -0.05) is 17.7 Å². The van der Waals surface area contributed by atoms with E-state index in [1.165, 1.54) is 0 Å². The van der Waals surface area contributed by atoms with Gasteiger partial charge in [-0.25, -0.2) is 5.43 Å². The molecule has 19 heavy (non-hydrogen) atoms. The highest BCUT2D eigenvalue weighted by Crippen LogP contribution is 2.30. The summed E-state index contributed by atoms with van der Waals surface area (Å²) in [6.07, 6.45) is 1.78. The maximum atomic E-state index is 6.12. The van der Waals surface area contributed by atoms with Gasteiger partial charge in [-0.2, -0.15) is 5.10 Å². The summed E-state index contributed by atoms with van der Waals surface area (Å²) in [5.41, 5.74) is 5.95. The Hall–Kier alpha value is -0.880. The molecule has 0 fully saturated rings. The summed E-state index contributed by atoms with van der Waals surface area (Å²) in [4.78, 5) is 0. The summed E-state index contributed by atoms with van der Waals surface area (Å²) in [7, 11) is 0. The standard InChI is InChI=1S/C13H16BrClN4/c1-3-19-13(11(14)7-17-19)12(18-16)9-4-8(2)5-10(15)6-9/h4-7,12,18H,3,16H2,1-2H3. The Kier molecular flexibility index (Phi) is 4.62. The summed E-state index contributed by atoms with van der Waals surface area (Å²) in [5.74, 6) is 5.73. The van der Waals surface area contributed by atoms with Crippen LogP contribution in [0.3, 0.4) is 0 Å². The Bertz CT molecular complexity index is 562. The highest BCUT2D eigenvalue weighted by atomic mass is 79.9. The van der Waals surface area contributed by atoms with Crippen molar-refractivity contribution in [2.75, 3.05) is 0 Å². The third kappa shape index (κ3) is 3.00. The minimum atomic E-state index is -0.158. The molecule has 0 amide bonds. The highest BCUT2D eigenvalue weighted by molar-refractivity contribution is 9.10. The number of hydrogen-bond donors (Lipinski definition) is 2. The van der Waals surface area contributed by atoms with Crippen LogP contribution in [0.5, 0.6) is 0 Å². The van der Waals surface area contributed by atoms with E-state index in [2.05, 4.69) is 32.5 Å². The fraction of sp³-hybridized carbons (Fsp3) is 0.308. The van der Waals surface area contributed by atoms with Crippen molar-refractivity contribution in [2.45, 2.75) is 26.4 Å². The molecule has 0 bridgehead atoms. The molecule has 4 nitrogen and oxygen atoms in total. The summed E-state index contributed by atoms with van der Waals surface area (Å²) >= 11 is 9.65. The Morgan fingerprint density at radius 2 is 2.21 bits per heavy atom. The van der Waals surface area contributed by atoms with E-state index in [0.717, 1.165) is 27.8 Å². The van der Waals surface area contributed by atoms with E-state index in [0.29, 0.717) is 5.02 Å². The third-order valence-electron chi connectivity index (χ3n) is 2.97. The molecule has 0 saturated heterocycles. The van der Waals surface area contributed by atoms with Crippen LogP contribution in [-0.2, 0) is 6.54 Å². The van der Waals surface area contributed by atoms with Crippen molar-refractivity contribution in [3.8, 4) is 0 Å². The van der Waals surface area contributed by atoms with Crippen LogP contribution in [0.4, 0.5) is 0 Å². The molecule has 0 radical (unpaired) electrons. The molecule has 0 aliphatic heterocycles. The van der Waals surface area contributed by atoms with Gasteiger partial charge in [-0.3, -0.25) is 10.5 Å². The molecule has 0 aliphatic rings. The summed E-state index contributed by atoms with van der Waals surface area (Å²) in [5, 5.41) is 5.02. The fourth-order valence-electron chi connectivity index (χ4n) is 2.18. The smallest absolute Gasteiger partial charge is 0.0890 e. The van der Waals surface area contributed by atoms with Gasteiger partial charge in [0.1, 0.15) is 0 Å². The molecule has 2 rings (SSSR count). The number of nitrogens with two attached hydrogens (primary N) is 1. The predicted octanol–water partition coefficient (Wildman–Crippen LogP) is 3.18. The third-order valence-corrected chi connectivity index (χ3v) is 3.80. The van der Waals surface area contributed by atoms with Crippen molar-refractivity contribution >= 4 is 27.5 Å². The largest absolute Gasteiger partial charge is 0.271 e. The highest BCUT2D eigenvalue weighted by Gasteiger charge is 2.20. The molecule has 2 aromatic rings. The van der Waals surface area contributed by atoms with E-state index < -0.39 is 0 Å². The average Bonchev–Trinajstić information content (AvgIpc) is 2.71. The Labute approximate surface area is 126 Å². The quantitative estimate of drug-likeness (QED) is 0.662. The lowest BCUT2D eigenvalue weighted by Gasteiger charge is -2.19. The van der Waals surface area contributed by atoms with E-state index in [1.54, 1.807) is 6.20 Å². The summed E-state index contributed by atoms with van der Waals surface area (Å²) in [6.45, 7) is 4.83. The van der Waals surface area contributed by atoms with Crippen LogP contribution < -0.4 is 11.3 Å². The Morgan fingerprint density at radius 3 is 2.79 bits per heavy atom. The lowest BCUT2D eigenvalue weighted by molar-refractivity contribution is 0.542. The first kappa shape index (κ1) is 14.5. The van der Waals surface area contributed by atoms with Gasteiger partial charge in [0, 0.05) is 11.6 Å². The molecule has 1 aromatic heterocycles. The SMILES string of the molecule is CCn1ncc(Br)c1C(NN)c1cc(C)cc(Cl)c1. The van der Waals surface area contributed by atoms with E-state index >= 15 is 0 Å². The van der Waals surface area contributed by atoms with Crippen molar-refractivity contribution in [2.24, 2.45) is 5.84 Å². The van der Waals surface area contributed by atoms with Crippen molar-refractivity contribution in [3.05, 3.63) is 50.7 Å². The first-order valence-electron chi connectivity index (χ1n) is 6.01. The normalized spacial score (nSPS) is 12.7. The first-order valence-corrected chi connectivity index (χ1v) is 7.18. The van der Waals surface area contributed by atoms with Crippen LogP contribution in [0.2, 0.25) is 5.02 Å². The predicted molar refractivity (Wildman–Crippen MR) is 81.0 cm³/mol. The van der Waals surface area contributed by atoms with Crippen molar-refractivity contribution < 1.29 is 0 Å². The van der Waals surface area contributed by atoms with Gasteiger partial charge in [0.05, 0.1) is 22.4 Å². The van der Waals surface area contributed by atoms with Crippen LogP contribution >= 0.6 is 27.5 Å². The number of rotatable bonds is 4. The molecule has 0 aliphatic carbocycles. The van der Waals surface area contributed by atoms with Crippen LogP contribution in [0.15, 0.2) is 28.9 Å². The van der Waals surface area contributed by atoms with Crippen LogP contribution in [0, 0.1) is 6.92 Å². The number of aromatic nitrogens is 2. The first-order chi connectivity index (χ1) is 9.06. The molecule has 6 heteroatoms. The molecule has 0 saturated carbocycles. The number of benzene rings is 1. The maximum Gasteiger partial charge on any atom is 0.0890 e. The van der Waals surface area contributed by atoms with Crippen molar-refractivity contribution in [1.29, 1.82) is 0 Å². The van der Waals surface area contributed by atoms with Gasteiger partial charge in [0.25, 0.3) is 0 Å². The summed E-state index contributed by atoms with van der Waals surface area (Å²) < 4.78 is 2.83. The molecule has 1 heterocycles. The fourth-order valence-corrected chi connectivity index (χ4v) is 3.00. The lowest BCUT2D eigenvalue weighted by Crippen LogP contribution is -2.31. The van der Waals surface area contributed by atoms with Gasteiger partial charge in [-0.05, 0) is 53.0 Å². The van der Waals surface area contributed by atoms with Gasteiger partial charge in [-0.15, -0.1) is 0 Å². The summed E-state index contributed by atoms with van der Waals surface area (Å²) in [6, 6.07) is 5.74. The van der Waals surface area contributed by atoms with Crippen LogP contribution in [0.25, 0.3) is 0 Å². The number of hydrazine groups is 1. The Morgan fingerprint density at radius 1 is 1.47 bits per heavy atom. The zero-order chi connectivity index (χ0) is 14.0. The molecular weight excluding hydrogens is 328 g/mol. The van der Waals surface area contributed by atoms with Crippen molar-refractivity contribution in [1.82, 2.24) is 15.2 Å². The van der Waals surface area contributed by atoms with Crippen molar-refractivity contribution in [3.63, 3.8) is 0 Å². The number of aryl methyl sites for hydroxylation is 2. The Balaban J connectivity index is 2.52. The van der Waals surface area contributed by atoms with Crippen LogP contribution in [-0.4, -0.2) is 9.78 Å². The van der Waals surface area contributed by atoms with E-state index in [4.69, 9.17) is 17.4 Å². The lowest BCUT2D eigenvalue weighted by atomic mass is 10.0. The molecule has 102 valence electrons.